The summed E-state index contributed by atoms with van der Waals surface area (Å²) in [5, 5.41) is 0. The van der Waals surface area contributed by atoms with Crippen molar-refractivity contribution in [1.82, 2.24) is 4.90 Å². The average molecular weight is 435 g/mol. The van der Waals surface area contributed by atoms with Gasteiger partial charge in [-0.05, 0) is 55.3 Å². The molecule has 0 radical (unpaired) electrons. The maximum absolute atomic E-state index is 13.8. The topological polar surface area (TPSA) is 66.9 Å². The van der Waals surface area contributed by atoms with E-state index in [0.717, 1.165) is 18.4 Å². The molecule has 1 aliphatic heterocycles. The van der Waals surface area contributed by atoms with Crippen LogP contribution in [-0.2, 0) is 19.2 Å². The number of allylic oxidation sites excluding steroid dienone is 2. The molecule has 1 fully saturated rings. The molecule has 1 aromatic rings. The van der Waals surface area contributed by atoms with Gasteiger partial charge in [0.2, 0.25) is 0 Å². The van der Waals surface area contributed by atoms with Crippen molar-refractivity contribution in [3.05, 3.63) is 53.9 Å². The van der Waals surface area contributed by atoms with E-state index in [0.29, 0.717) is 37.9 Å². The fourth-order valence-electron chi connectivity index (χ4n) is 3.77. The highest BCUT2D eigenvalue weighted by Crippen LogP contribution is 2.28. The number of anilines is 1. The third kappa shape index (κ3) is 5.50. The molecule has 1 heterocycles. The fraction of sp³-hybridized carbons (Fsp3) is 0.409. The zero-order chi connectivity index (χ0) is 21.6. The Morgan fingerprint density at radius 2 is 2.10 bits per heavy atom. The third-order valence-electron chi connectivity index (χ3n) is 5.24. The van der Waals surface area contributed by atoms with Gasteiger partial charge in [0, 0.05) is 19.1 Å². The summed E-state index contributed by atoms with van der Waals surface area (Å²) in [4.78, 5) is 25.1. The van der Waals surface area contributed by atoms with E-state index in [2.05, 4.69) is 18.0 Å². The van der Waals surface area contributed by atoms with Gasteiger partial charge in [-0.25, -0.2) is 13.4 Å². The van der Waals surface area contributed by atoms with Crippen LogP contribution in [0.25, 0.3) is 0 Å². The van der Waals surface area contributed by atoms with E-state index in [4.69, 9.17) is 4.74 Å². The summed E-state index contributed by atoms with van der Waals surface area (Å²) in [5.41, 5.74) is 1.42. The molecule has 8 heteroatoms. The highest BCUT2D eigenvalue weighted by atomic mass is 32.2. The maximum Gasteiger partial charge on any atom is 0.410 e. The summed E-state index contributed by atoms with van der Waals surface area (Å²) in [5.74, 6) is 3.06. The van der Waals surface area contributed by atoms with Gasteiger partial charge in [-0.2, -0.15) is 0 Å². The smallest absolute Gasteiger partial charge is 0.410 e. The molecule has 2 aliphatic rings. The molecule has 1 unspecified atom stereocenters. The quantitative estimate of drug-likeness (QED) is 0.488. The summed E-state index contributed by atoms with van der Waals surface area (Å²) in [7, 11) is -2.96. The molecule has 0 saturated carbocycles. The number of hydrogen-bond acceptors (Lipinski definition) is 4. The fourth-order valence-corrected chi connectivity index (χ4v) is 5.39. The Kier molecular flexibility index (Phi) is 7.31. The normalized spacial score (nSPS) is 19.0. The van der Waals surface area contributed by atoms with Gasteiger partial charge in [0.05, 0.1) is 21.1 Å². The van der Waals surface area contributed by atoms with Crippen LogP contribution in [0.4, 0.5) is 14.9 Å². The number of piperidine rings is 1. The molecule has 0 bridgehead atoms. The molecule has 3 rings (SSSR count). The Labute approximate surface area is 177 Å². The summed E-state index contributed by atoms with van der Waals surface area (Å²) < 4.78 is 33.9. The molecule has 162 valence electrons. The zero-order valence-corrected chi connectivity index (χ0v) is 17.7. The molecule has 1 aromatic carbocycles. The van der Waals surface area contributed by atoms with Crippen molar-refractivity contribution in [1.29, 1.82) is 0 Å². The number of amides is 1. The van der Waals surface area contributed by atoms with Crippen LogP contribution in [0.5, 0.6) is 0 Å². The number of nitrogens with zero attached hydrogens (tertiary/aromatic N) is 2. The lowest BCUT2D eigenvalue weighted by atomic mass is 10.0. The number of ether oxygens (including phenoxy) is 1. The molecular formula is C22H27FN2O4S. The van der Waals surface area contributed by atoms with E-state index in [1.807, 2.05) is 6.08 Å². The molecule has 30 heavy (non-hydrogen) atoms. The van der Waals surface area contributed by atoms with Gasteiger partial charge in [0.25, 0.3) is 0 Å². The number of aldehydes is 1. The Hall–Kier alpha value is -2.61. The van der Waals surface area contributed by atoms with Gasteiger partial charge in [-0.1, -0.05) is 24.3 Å². The number of likely N-dealkylation sites (tertiary alicyclic amines) is 1. The minimum atomic E-state index is -2.96. The van der Waals surface area contributed by atoms with Gasteiger partial charge in [-0.3, -0.25) is 4.31 Å². The summed E-state index contributed by atoms with van der Waals surface area (Å²) in [6, 6.07) is 5.56. The maximum atomic E-state index is 13.8. The minimum absolute atomic E-state index is 0.232. The van der Waals surface area contributed by atoms with Crippen molar-refractivity contribution in [3.63, 3.8) is 0 Å². The van der Waals surface area contributed by atoms with Crippen LogP contribution in [-0.4, -0.2) is 58.8 Å². The highest BCUT2D eigenvalue weighted by molar-refractivity contribution is 8.02. The molecule has 0 N–H and O–H groups in total. The Morgan fingerprint density at radius 3 is 2.73 bits per heavy atom. The van der Waals surface area contributed by atoms with E-state index >= 15 is 0 Å². The van der Waals surface area contributed by atoms with E-state index in [1.54, 1.807) is 15.3 Å². The largest absolute Gasteiger partial charge is 0.445 e. The van der Waals surface area contributed by atoms with E-state index < -0.39 is 15.5 Å². The average Bonchev–Trinajstić information content (AvgIpc) is 2.73. The predicted molar refractivity (Wildman–Crippen MR) is 117 cm³/mol. The van der Waals surface area contributed by atoms with Gasteiger partial charge >= 0.3 is 6.09 Å². The van der Waals surface area contributed by atoms with Gasteiger partial charge in [0.15, 0.2) is 0 Å². The summed E-state index contributed by atoms with van der Waals surface area (Å²) in [6.07, 6.45) is 9.27. The monoisotopic (exact) mass is 434 g/mol. The van der Waals surface area contributed by atoms with Crippen molar-refractivity contribution in [2.75, 3.05) is 29.8 Å². The molecule has 1 atom stereocenters. The first kappa shape index (κ1) is 22.1. The van der Waals surface area contributed by atoms with Crippen molar-refractivity contribution < 1.29 is 22.9 Å². The Morgan fingerprint density at radius 1 is 1.33 bits per heavy atom. The first-order valence-corrected chi connectivity index (χ1v) is 11.9. The van der Waals surface area contributed by atoms with Crippen LogP contribution >= 0.6 is 0 Å². The van der Waals surface area contributed by atoms with Crippen molar-refractivity contribution >= 4 is 33.6 Å². The number of carbonyl (C=O) groups is 2. The Balaban J connectivity index is 1.65. The first-order valence-electron chi connectivity index (χ1n) is 10.0. The first-order chi connectivity index (χ1) is 14.4. The van der Waals surface area contributed by atoms with Crippen LogP contribution in [0.15, 0.2) is 48.1 Å². The molecule has 1 amide bonds. The van der Waals surface area contributed by atoms with E-state index in [1.165, 1.54) is 18.2 Å². The zero-order valence-electron chi connectivity index (χ0n) is 16.9. The second kappa shape index (κ2) is 9.93. The predicted octanol–water partition coefficient (Wildman–Crippen LogP) is 3.34. The minimum Gasteiger partial charge on any atom is -0.445 e. The van der Waals surface area contributed by atoms with Crippen LogP contribution in [0, 0.1) is 5.82 Å². The van der Waals surface area contributed by atoms with E-state index in [-0.39, 0.29) is 24.5 Å². The molecule has 0 spiro atoms. The lowest BCUT2D eigenvalue weighted by Crippen LogP contribution is -2.49. The lowest BCUT2D eigenvalue weighted by Gasteiger charge is -2.40. The number of rotatable bonds is 7. The Bertz CT molecular complexity index is 934. The number of hydrogen-bond donors (Lipinski definition) is 0. The number of halogens is 1. The van der Waals surface area contributed by atoms with Gasteiger partial charge in [-0.15, -0.1) is 0 Å². The van der Waals surface area contributed by atoms with Crippen molar-refractivity contribution in [3.8, 4) is 0 Å². The summed E-state index contributed by atoms with van der Waals surface area (Å²) >= 11 is 0. The third-order valence-corrected chi connectivity index (χ3v) is 7.12. The molecule has 1 aliphatic carbocycles. The molecular weight excluding hydrogens is 407 g/mol. The van der Waals surface area contributed by atoms with E-state index in [9.17, 15) is 18.2 Å². The van der Waals surface area contributed by atoms with Gasteiger partial charge in [0.1, 0.15) is 18.7 Å². The SMILES string of the molecule is C=S(=O)(CC=O)N(c1cccc(F)c1)C1CCN(C(=O)OCC2=CCCC=C2)CC1. The van der Waals surface area contributed by atoms with Crippen LogP contribution in [0.1, 0.15) is 25.7 Å². The number of carbonyl (C=O) groups excluding carboxylic acids is 2. The van der Waals surface area contributed by atoms with Crippen LogP contribution < -0.4 is 4.31 Å². The standard InChI is InChI=1S/C22H27FN2O4S/c1-30(28,15-14-26)25(21-9-5-8-19(23)16-21)20-10-12-24(13-11-20)22(27)29-17-18-6-3-2-4-7-18/h3,5-9,14,16,20H,1-2,4,10-13,15,17H2. The highest BCUT2D eigenvalue weighted by Gasteiger charge is 2.32. The lowest BCUT2D eigenvalue weighted by molar-refractivity contribution is -0.105. The molecule has 6 nitrogen and oxygen atoms in total. The number of benzene rings is 1. The summed E-state index contributed by atoms with van der Waals surface area (Å²) in [6.45, 7) is 1.08. The van der Waals surface area contributed by atoms with Crippen molar-refractivity contribution in [2.45, 2.75) is 31.7 Å². The van der Waals surface area contributed by atoms with Crippen LogP contribution in [0.2, 0.25) is 0 Å². The van der Waals surface area contributed by atoms with Crippen LogP contribution in [0.3, 0.4) is 0 Å². The van der Waals surface area contributed by atoms with Gasteiger partial charge < -0.3 is 14.4 Å². The second-order valence-corrected chi connectivity index (χ2v) is 9.71. The second-order valence-electron chi connectivity index (χ2n) is 7.44. The molecule has 0 aromatic heterocycles. The van der Waals surface area contributed by atoms with Crippen molar-refractivity contribution in [2.24, 2.45) is 0 Å². The molecule has 1 saturated heterocycles.